The van der Waals surface area contributed by atoms with Gasteiger partial charge in [0.25, 0.3) is 5.91 Å². The fourth-order valence-corrected chi connectivity index (χ4v) is 2.43. The number of benzene rings is 2. The van der Waals surface area contributed by atoms with Crippen molar-refractivity contribution in [1.29, 1.82) is 0 Å². The Labute approximate surface area is 141 Å². The molecule has 1 amide bonds. The Balaban J connectivity index is 1.97. The van der Waals surface area contributed by atoms with Gasteiger partial charge in [-0.3, -0.25) is 9.59 Å². The number of ketones is 1. The van der Waals surface area contributed by atoms with Crippen molar-refractivity contribution in [2.24, 2.45) is 0 Å². The van der Waals surface area contributed by atoms with Crippen molar-refractivity contribution in [3.05, 3.63) is 75.3 Å². The number of hydrogen-bond acceptors (Lipinski definition) is 4. The second-order valence-electron chi connectivity index (χ2n) is 5.19. The molecular formula is C18H12ClNO4. The van der Waals surface area contributed by atoms with Crippen LogP contribution in [0.4, 0.5) is 5.69 Å². The monoisotopic (exact) mass is 341 g/mol. The third-order valence-electron chi connectivity index (χ3n) is 3.51. The van der Waals surface area contributed by atoms with Gasteiger partial charge < -0.3 is 9.73 Å². The van der Waals surface area contributed by atoms with E-state index in [-0.39, 0.29) is 22.3 Å². The molecule has 0 aliphatic rings. The molecule has 0 unspecified atom stereocenters. The quantitative estimate of drug-likeness (QED) is 0.733. The lowest BCUT2D eigenvalue weighted by Gasteiger charge is -2.08. The summed E-state index contributed by atoms with van der Waals surface area (Å²) in [6.45, 7) is 1.41. The van der Waals surface area contributed by atoms with Crippen molar-refractivity contribution in [1.82, 2.24) is 0 Å². The molecule has 1 N–H and O–H groups in total. The van der Waals surface area contributed by atoms with Crippen molar-refractivity contribution in [2.45, 2.75) is 6.92 Å². The van der Waals surface area contributed by atoms with E-state index in [0.29, 0.717) is 16.3 Å². The fourth-order valence-electron chi connectivity index (χ4n) is 2.27. The fraction of sp³-hybridized carbons (Fsp3) is 0.0556. The summed E-state index contributed by atoms with van der Waals surface area (Å²) in [5, 5.41) is 3.83. The number of anilines is 1. The molecule has 0 saturated carbocycles. The number of carbonyl (C=O) groups is 2. The van der Waals surface area contributed by atoms with Gasteiger partial charge >= 0.3 is 5.63 Å². The zero-order chi connectivity index (χ0) is 17.3. The Morgan fingerprint density at radius 1 is 1.08 bits per heavy atom. The van der Waals surface area contributed by atoms with E-state index in [0.717, 1.165) is 0 Å². The summed E-state index contributed by atoms with van der Waals surface area (Å²) < 4.78 is 5.06. The van der Waals surface area contributed by atoms with Crippen LogP contribution < -0.4 is 10.9 Å². The maximum Gasteiger partial charge on any atom is 0.344 e. The molecule has 0 fully saturated rings. The van der Waals surface area contributed by atoms with Gasteiger partial charge in [0.05, 0.1) is 16.1 Å². The Morgan fingerprint density at radius 3 is 2.58 bits per heavy atom. The van der Waals surface area contributed by atoms with Crippen LogP contribution in [0.25, 0.3) is 10.8 Å². The van der Waals surface area contributed by atoms with Crippen LogP contribution in [-0.2, 0) is 0 Å². The van der Waals surface area contributed by atoms with Crippen LogP contribution in [0.3, 0.4) is 0 Å². The zero-order valence-electron chi connectivity index (χ0n) is 12.6. The van der Waals surface area contributed by atoms with Gasteiger partial charge in [-0.05, 0) is 42.6 Å². The van der Waals surface area contributed by atoms with Crippen LogP contribution in [0.1, 0.15) is 27.8 Å². The molecule has 3 aromatic rings. The maximum absolute atomic E-state index is 12.4. The minimum absolute atomic E-state index is 0.136. The van der Waals surface area contributed by atoms with Crippen molar-refractivity contribution in [3.63, 3.8) is 0 Å². The number of hydrogen-bond donors (Lipinski definition) is 1. The molecule has 1 aromatic heterocycles. The Kier molecular flexibility index (Phi) is 4.18. The summed E-state index contributed by atoms with van der Waals surface area (Å²) in [7, 11) is 0. The average molecular weight is 342 g/mol. The summed E-state index contributed by atoms with van der Waals surface area (Å²) in [5.74, 6) is -0.914. The highest BCUT2D eigenvalue weighted by Crippen LogP contribution is 2.24. The van der Waals surface area contributed by atoms with E-state index >= 15 is 0 Å². The van der Waals surface area contributed by atoms with Gasteiger partial charge in [-0.2, -0.15) is 0 Å². The zero-order valence-corrected chi connectivity index (χ0v) is 13.4. The largest absolute Gasteiger partial charge is 0.417 e. The lowest BCUT2D eigenvalue weighted by Crippen LogP contribution is -2.15. The highest BCUT2D eigenvalue weighted by atomic mass is 35.5. The first-order valence-corrected chi connectivity index (χ1v) is 7.48. The molecule has 0 saturated heterocycles. The molecule has 120 valence electrons. The lowest BCUT2D eigenvalue weighted by molar-refractivity contribution is 0.0989. The smallest absolute Gasteiger partial charge is 0.344 e. The van der Waals surface area contributed by atoms with Crippen molar-refractivity contribution < 1.29 is 14.0 Å². The van der Waals surface area contributed by atoms with Crippen molar-refractivity contribution in [3.8, 4) is 0 Å². The molecule has 0 spiro atoms. The van der Waals surface area contributed by atoms with Crippen LogP contribution in [0.5, 0.6) is 0 Å². The Hall–Kier alpha value is -2.92. The molecule has 24 heavy (non-hydrogen) atoms. The van der Waals surface area contributed by atoms with Gasteiger partial charge in [-0.15, -0.1) is 0 Å². The predicted octanol–water partition coefficient (Wildman–Crippen LogP) is 3.90. The van der Waals surface area contributed by atoms with Gasteiger partial charge in [-0.25, -0.2) is 4.79 Å². The molecule has 2 aromatic carbocycles. The highest BCUT2D eigenvalue weighted by Gasteiger charge is 2.14. The number of carbonyl (C=O) groups excluding carboxylic acids is 2. The number of halogens is 1. The minimum Gasteiger partial charge on any atom is -0.417 e. The Bertz CT molecular complexity index is 1020. The van der Waals surface area contributed by atoms with Gasteiger partial charge in [0.1, 0.15) is 0 Å². The first-order valence-electron chi connectivity index (χ1n) is 7.10. The average Bonchev–Trinajstić information content (AvgIpc) is 2.56. The molecule has 0 radical (unpaired) electrons. The van der Waals surface area contributed by atoms with E-state index in [4.69, 9.17) is 16.0 Å². The molecule has 6 heteroatoms. The van der Waals surface area contributed by atoms with E-state index in [1.54, 1.807) is 30.3 Å². The van der Waals surface area contributed by atoms with Crippen molar-refractivity contribution in [2.75, 3.05) is 5.32 Å². The van der Waals surface area contributed by atoms with E-state index in [2.05, 4.69) is 5.32 Å². The second kappa shape index (κ2) is 6.29. The van der Waals surface area contributed by atoms with E-state index < -0.39 is 11.5 Å². The van der Waals surface area contributed by atoms with Crippen LogP contribution >= 0.6 is 11.6 Å². The van der Waals surface area contributed by atoms with Crippen LogP contribution in [-0.4, -0.2) is 11.7 Å². The molecular weight excluding hydrogens is 330 g/mol. The summed E-state index contributed by atoms with van der Waals surface area (Å²) >= 11 is 6.04. The standard InChI is InChI=1S/C18H12ClNO4/c1-10(21)11-6-7-14(19)15(8-11)20-17(22)16-9-12-4-2-3-5-13(12)18(23)24-16/h2-9H,1H3,(H,20,22). The van der Waals surface area contributed by atoms with Gasteiger partial charge in [0.2, 0.25) is 0 Å². The first-order chi connectivity index (χ1) is 11.5. The van der Waals surface area contributed by atoms with Gasteiger partial charge in [0.15, 0.2) is 11.5 Å². The van der Waals surface area contributed by atoms with E-state index in [1.807, 2.05) is 0 Å². The van der Waals surface area contributed by atoms with Gasteiger partial charge in [-0.1, -0.05) is 29.8 Å². The van der Waals surface area contributed by atoms with Crippen LogP contribution in [0.2, 0.25) is 5.02 Å². The predicted molar refractivity (Wildman–Crippen MR) is 91.9 cm³/mol. The maximum atomic E-state index is 12.4. The summed E-state index contributed by atoms with van der Waals surface area (Å²) in [4.78, 5) is 35.7. The lowest BCUT2D eigenvalue weighted by atomic mass is 10.1. The molecule has 0 bridgehead atoms. The molecule has 0 aliphatic carbocycles. The minimum atomic E-state index is -0.625. The highest BCUT2D eigenvalue weighted by molar-refractivity contribution is 6.34. The van der Waals surface area contributed by atoms with E-state index in [9.17, 15) is 14.4 Å². The van der Waals surface area contributed by atoms with Crippen LogP contribution in [0, 0.1) is 0 Å². The Morgan fingerprint density at radius 2 is 1.83 bits per heavy atom. The summed E-state index contributed by atoms with van der Waals surface area (Å²) in [6.07, 6.45) is 0. The van der Waals surface area contributed by atoms with E-state index in [1.165, 1.54) is 25.1 Å². The van der Waals surface area contributed by atoms with Crippen LogP contribution in [0.15, 0.2) is 57.7 Å². The number of fused-ring (bicyclic) bond motifs is 1. The topological polar surface area (TPSA) is 76.4 Å². The molecule has 0 aliphatic heterocycles. The molecule has 0 atom stereocenters. The second-order valence-corrected chi connectivity index (χ2v) is 5.60. The first kappa shape index (κ1) is 16.0. The molecule has 5 nitrogen and oxygen atoms in total. The normalized spacial score (nSPS) is 10.6. The third-order valence-corrected chi connectivity index (χ3v) is 3.84. The number of rotatable bonds is 3. The molecule has 3 rings (SSSR count). The number of amides is 1. The SMILES string of the molecule is CC(=O)c1ccc(Cl)c(NC(=O)c2cc3ccccc3c(=O)o2)c1. The summed E-state index contributed by atoms with van der Waals surface area (Å²) in [5.41, 5.74) is 0.0849. The van der Waals surface area contributed by atoms with Crippen molar-refractivity contribution >= 4 is 39.8 Å². The number of Topliss-reactive ketones (excluding diaryl/α,β-unsaturated/α-hetero) is 1. The third kappa shape index (κ3) is 3.07. The summed E-state index contributed by atoms with van der Waals surface area (Å²) in [6, 6.07) is 12.8. The molecule has 1 heterocycles. The number of nitrogens with one attached hydrogen (secondary N) is 1. The van der Waals surface area contributed by atoms with Gasteiger partial charge in [0, 0.05) is 5.56 Å².